The van der Waals surface area contributed by atoms with Gasteiger partial charge in [-0.3, -0.25) is 4.79 Å². The maximum Gasteiger partial charge on any atom is 0.230 e. The summed E-state index contributed by atoms with van der Waals surface area (Å²) >= 11 is 0. The van der Waals surface area contributed by atoms with Crippen LogP contribution in [0.2, 0.25) is 0 Å². The molecule has 4 nitrogen and oxygen atoms in total. The van der Waals surface area contributed by atoms with Crippen LogP contribution in [0, 0.1) is 5.82 Å². The van der Waals surface area contributed by atoms with Gasteiger partial charge in [0.2, 0.25) is 5.91 Å². The first-order valence-corrected chi connectivity index (χ1v) is 8.82. The number of aromatic nitrogens is 1. The molecule has 0 saturated heterocycles. The van der Waals surface area contributed by atoms with E-state index in [9.17, 15) is 14.3 Å². The van der Waals surface area contributed by atoms with Gasteiger partial charge in [0.1, 0.15) is 5.82 Å². The molecule has 1 atom stereocenters. The standard InChI is InChI=1S/C19H25FN2O2/c1-3-21(4-2)19(24)15-6-5-7-16-18(15)14-9-8-13(20)12-17(14)22(16)10-11-23/h8-9,12,15,23H,3-7,10-11H2,1-2H3. The van der Waals surface area contributed by atoms with E-state index in [4.69, 9.17) is 0 Å². The van der Waals surface area contributed by atoms with E-state index in [2.05, 4.69) is 0 Å². The quantitative estimate of drug-likeness (QED) is 0.915. The van der Waals surface area contributed by atoms with Crippen molar-refractivity contribution in [3.8, 4) is 0 Å². The van der Waals surface area contributed by atoms with Gasteiger partial charge < -0.3 is 14.6 Å². The lowest BCUT2D eigenvalue weighted by Gasteiger charge is -2.29. The number of amides is 1. The second-order valence-electron chi connectivity index (χ2n) is 6.35. The molecule has 1 aliphatic rings. The highest BCUT2D eigenvalue weighted by molar-refractivity contribution is 5.94. The number of aliphatic hydroxyl groups is 1. The predicted octanol–water partition coefficient (Wildman–Crippen LogP) is 3.06. The topological polar surface area (TPSA) is 45.5 Å². The van der Waals surface area contributed by atoms with Crippen LogP contribution >= 0.6 is 0 Å². The van der Waals surface area contributed by atoms with Crippen LogP contribution in [0.15, 0.2) is 18.2 Å². The summed E-state index contributed by atoms with van der Waals surface area (Å²) in [5.74, 6) is -0.293. The monoisotopic (exact) mass is 332 g/mol. The molecule has 24 heavy (non-hydrogen) atoms. The third-order valence-electron chi connectivity index (χ3n) is 5.13. The molecule has 0 saturated carbocycles. The fourth-order valence-corrected chi connectivity index (χ4v) is 4.04. The highest BCUT2D eigenvalue weighted by Gasteiger charge is 2.33. The number of hydrogen-bond acceptors (Lipinski definition) is 2. The van der Waals surface area contributed by atoms with Crippen LogP contribution in [0.5, 0.6) is 0 Å². The summed E-state index contributed by atoms with van der Waals surface area (Å²) in [6.45, 7) is 5.82. The molecule has 0 fully saturated rings. The van der Waals surface area contributed by atoms with E-state index in [0.29, 0.717) is 19.6 Å². The summed E-state index contributed by atoms with van der Waals surface area (Å²) in [5, 5.41) is 10.4. The minimum atomic E-state index is -0.289. The van der Waals surface area contributed by atoms with Crippen molar-refractivity contribution in [3.63, 3.8) is 0 Å². The zero-order valence-corrected chi connectivity index (χ0v) is 14.4. The normalized spacial score (nSPS) is 17.1. The van der Waals surface area contributed by atoms with E-state index in [0.717, 1.165) is 41.4 Å². The molecule has 0 bridgehead atoms. The molecule has 3 rings (SSSR count). The number of fused-ring (bicyclic) bond motifs is 3. The average molecular weight is 332 g/mol. The van der Waals surface area contributed by atoms with E-state index in [1.54, 1.807) is 6.07 Å². The average Bonchev–Trinajstić information content (AvgIpc) is 2.89. The number of carbonyl (C=O) groups excluding carboxylic acids is 1. The smallest absolute Gasteiger partial charge is 0.230 e. The largest absolute Gasteiger partial charge is 0.395 e. The molecule has 0 aliphatic heterocycles. The molecular formula is C19H25FN2O2. The van der Waals surface area contributed by atoms with E-state index in [-0.39, 0.29) is 24.2 Å². The maximum atomic E-state index is 13.8. The fraction of sp³-hybridized carbons (Fsp3) is 0.526. The molecule has 0 spiro atoms. The lowest BCUT2D eigenvalue weighted by atomic mass is 9.84. The molecule has 1 aromatic carbocycles. The number of likely N-dealkylation sites (N-methyl/N-ethyl adjacent to an activating group) is 1. The zero-order chi connectivity index (χ0) is 17.3. The van der Waals surface area contributed by atoms with E-state index in [1.165, 1.54) is 12.1 Å². The van der Waals surface area contributed by atoms with Gasteiger partial charge in [-0.15, -0.1) is 0 Å². The summed E-state index contributed by atoms with van der Waals surface area (Å²) in [5.41, 5.74) is 2.91. The Kier molecular flexibility index (Phi) is 4.90. The van der Waals surface area contributed by atoms with Gasteiger partial charge in [-0.1, -0.05) is 0 Å². The lowest BCUT2D eigenvalue weighted by Crippen LogP contribution is -2.36. The van der Waals surface area contributed by atoms with Crippen molar-refractivity contribution >= 4 is 16.8 Å². The number of hydrogen-bond donors (Lipinski definition) is 1. The van der Waals surface area contributed by atoms with Crippen molar-refractivity contribution < 1.29 is 14.3 Å². The minimum Gasteiger partial charge on any atom is -0.395 e. The van der Waals surface area contributed by atoms with Crippen LogP contribution in [-0.4, -0.2) is 40.2 Å². The first-order chi connectivity index (χ1) is 11.6. The van der Waals surface area contributed by atoms with Crippen molar-refractivity contribution in [3.05, 3.63) is 35.3 Å². The number of halogens is 1. The minimum absolute atomic E-state index is 0.00138. The van der Waals surface area contributed by atoms with Crippen LogP contribution in [-0.2, 0) is 17.8 Å². The summed E-state index contributed by atoms with van der Waals surface area (Å²) in [6, 6.07) is 4.76. The van der Waals surface area contributed by atoms with Crippen LogP contribution in [0.1, 0.15) is 43.9 Å². The number of rotatable bonds is 5. The van der Waals surface area contributed by atoms with Gasteiger partial charge in [0.15, 0.2) is 0 Å². The zero-order valence-electron chi connectivity index (χ0n) is 14.4. The Balaban J connectivity index is 2.17. The summed E-state index contributed by atoms with van der Waals surface area (Å²) in [7, 11) is 0. The van der Waals surface area contributed by atoms with Crippen molar-refractivity contribution in [1.29, 1.82) is 0 Å². The first-order valence-electron chi connectivity index (χ1n) is 8.82. The molecular weight excluding hydrogens is 307 g/mol. The van der Waals surface area contributed by atoms with Crippen molar-refractivity contribution in [2.75, 3.05) is 19.7 Å². The number of nitrogens with zero attached hydrogens (tertiary/aromatic N) is 2. The predicted molar refractivity (Wildman–Crippen MR) is 92.6 cm³/mol. The molecule has 2 aromatic rings. The van der Waals surface area contributed by atoms with Crippen LogP contribution in [0.25, 0.3) is 10.9 Å². The van der Waals surface area contributed by atoms with Gasteiger partial charge >= 0.3 is 0 Å². The highest BCUT2D eigenvalue weighted by Crippen LogP contribution is 2.40. The number of aliphatic hydroxyl groups excluding tert-OH is 1. The summed E-state index contributed by atoms with van der Waals surface area (Å²) < 4.78 is 15.8. The van der Waals surface area contributed by atoms with E-state index in [1.807, 2.05) is 23.3 Å². The van der Waals surface area contributed by atoms with E-state index < -0.39 is 0 Å². The highest BCUT2D eigenvalue weighted by atomic mass is 19.1. The van der Waals surface area contributed by atoms with Gasteiger partial charge in [0, 0.05) is 30.7 Å². The summed E-state index contributed by atoms with van der Waals surface area (Å²) in [6.07, 6.45) is 2.64. The van der Waals surface area contributed by atoms with Gasteiger partial charge in [0.05, 0.1) is 18.0 Å². The number of carbonyl (C=O) groups is 1. The SMILES string of the molecule is CCN(CC)C(=O)C1CCCc2c1c1ccc(F)cc1n2CCO. The number of benzene rings is 1. The molecule has 1 unspecified atom stereocenters. The van der Waals surface area contributed by atoms with Gasteiger partial charge in [0.25, 0.3) is 0 Å². The Bertz CT molecular complexity index is 749. The van der Waals surface area contributed by atoms with Gasteiger partial charge in [-0.05, 0) is 56.9 Å². The van der Waals surface area contributed by atoms with Crippen LogP contribution in [0.4, 0.5) is 4.39 Å². The molecule has 1 aromatic heterocycles. The van der Waals surface area contributed by atoms with Crippen molar-refractivity contribution in [2.45, 2.75) is 45.6 Å². The van der Waals surface area contributed by atoms with Gasteiger partial charge in [-0.2, -0.15) is 0 Å². The third-order valence-corrected chi connectivity index (χ3v) is 5.13. The van der Waals surface area contributed by atoms with Crippen molar-refractivity contribution in [2.24, 2.45) is 0 Å². The molecule has 1 amide bonds. The Morgan fingerprint density at radius 1 is 1.38 bits per heavy atom. The molecule has 0 radical (unpaired) electrons. The Morgan fingerprint density at radius 3 is 2.79 bits per heavy atom. The Labute approximate surface area is 141 Å². The Morgan fingerprint density at radius 2 is 2.12 bits per heavy atom. The van der Waals surface area contributed by atoms with Gasteiger partial charge in [-0.25, -0.2) is 4.39 Å². The maximum absolute atomic E-state index is 13.8. The third kappa shape index (κ3) is 2.71. The molecule has 1 aliphatic carbocycles. The van der Waals surface area contributed by atoms with E-state index >= 15 is 0 Å². The van der Waals surface area contributed by atoms with Crippen LogP contribution in [0.3, 0.4) is 0 Å². The first kappa shape index (κ1) is 17.0. The van der Waals surface area contributed by atoms with Crippen molar-refractivity contribution in [1.82, 2.24) is 9.47 Å². The Hall–Kier alpha value is -1.88. The van der Waals surface area contributed by atoms with Crippen LogP contribution < -0.4 is 0 Å². The molecule has 1 heterocycles. The molecule has 5 heteroatoms. The molecule has 1 N–H and O–H groups in total. The second kappa shape index (κ2) is 6.93. The second-order valence-corrected chi connectivity index (χ2v) is 6.35. The fourth-order valence-electron chi connectivity index (χ4n) is 4.04. The lowest BCUT2D eigenvalue weighted by molar-refractivity contribution is -0.132. The summed E-state index contributed by atoms with van der Waals surface area (Å²) in [4.78, 5) is 14.9. The molecule has 130 valence electrons.